The molecule has 0 saturated carbocycles. The van der Waals surface area contributed by atoms with Crippen molar-refractivity contribution in [1.29, 1.82) is 0 Å². The molecule has 1 aliphatic rings. The van der Waals surface area contributed by atoms with Crippen molar-refractivity contribution in [3.05, 3.63) is 35.9 Å². The summed E-state index contributed by atoms with van der Waals surface area (Å²) >= 11 is 0. The minimum Gasteiger partial charge on any atom is -0.195 e. The van der Waals surface area contributed by atoms with Crippen molar-refractivity contribution < 1.29 is 8.42 Å². The molecule has 0 aliphatic carbocycles. The van der Waals surface area contributed by atoms with Crippen LogP contribution in [0.5, 0.6) is 0 Å². The van der Waals surface area contributed by atoms with Gasteiger partial charge in [-0.1, -0.05) is 36.3 Å². The number of benzene rings is 1. The smallest absolute Gasteiger partial charge is 0.195 e. The van der Waals surface area contributed by atoms with Crippen LogP contribution in [-0.2, 0) is 16.8 Å². The lowest BCUT2D eigenvalue weighted by Gasteiger charge is -2.36. The van der Waals surface area contributed by atoms with Crippen molar-refractivity contribution in [1.82, 2.24) is 9.03 Å². The van der Waals surface area contributed by atoms with Gasteiger partial charge in [0, 0.05) is 13.1 Å². The highest BCUT2D eigenvalue weighted by Crippen LogP contribution is 2.21. The van der Waals surface area contributed by atoms with E-state index in [4.69, 9.17) is 6.42 Å². The molecule has 1 aromatic rings. The molecule has 1 aromatic carbocycles. The quantitative estimate of drug-likeness (QED) is 0.814. The first-order valence-electron chi connectivity index (χ1n) is 5.76. The Hall–Kier alpha value is -1.35. The predicted octanol–water partition coefficient (Wildman–Crippen LogP) is 1.12. The van der Waals surface area contributed by atoms with E-state index in [1.807, 2.05) is 30.3 Å². The third-order valence-electron chi connectivity index (χ3n) is 3.08. The summed E-state index contributed by atoms with van der Waals surface area (Å²) in [5.41, 5.74) is 0.193. The van der Waals surface area contributed by atoms with Gasteiger partial charge >= 0.3 is 0 Å². The van der Waals surface area contributed by atoms with Crippen LogP contribution in [0.4, 0.5) is 0 Å². The number of hydrogen-bond donors (Lipinski definition) is 1. The lowest BCUT2D eigenvalue weighted by atomic mass is 10.0. The minimum atomic E-state index is -3.50. The Morgan fingerprint density at radius 3 is 2.67 bits per heavy atom. The molecule has 1 N–H and O–H groups in total. The molecule has 1 fully saturated rings. The van der Waals surface area contributed by atoms with Gasteiger partial charge in [0.15, 0.2) is 0 Å². The van der Waals surface area contributed by atoms with Crippen molar-refractivity contribution in [2.24, 2.45) is 0 Å². The van der Waals surface area contributed by atoms with Crippen LogP contribution in [0.1, 0.15) is 18.9 Å². The number of rotatable bonds is 2. The lowest BCUT2D eigenvalue weighted by Crippen LogP contribution is -2.57. The summed E-state index contributed by atoms with van der Waals surface area (Å²) in [6.45, 7) is 2.53. The number of nitrogens with one attached hydrogen (secondary N) is 1. The Balaban J connectivity index is 2.16. The molecule has 2 rings (SSSR count). The normalized spacial score (nSPS) is 27.6. The van der Waals surface area contributed by atoms with Crippen molar-refractivity contribution >= 4 is 10.2 Å². The second-order valence-corrected chi connectivity index (χ2v) is 6.32. The van der Waals surface area contributed by atoms with E-state index in [1.54, 1.807) is 6.92 Å². The Bertz CT molecular complexity index is 562. The van der Waals surface area contributed by atoms with Crippen molar-refractivity contribution in [2.75, 3.05) is 6.54 Å². The molecule has 0 unspecified atom stereocenters. The van der Waals surface area contributed by atoms with Crippen LogP contribution >= 0.6 is 0 Å². The van der Waals surface area contributed by atoms with Gasteiger partial charge in [0.1, 0.15) is 0 Å². The zero-order chi connectivity index (χ0) is 13.2. The fourth-order valence-corrected chi connectivity index (χ4v) is 3.43. The van der Waals surface area contributed by atoms with Crippen LogP contribution in [0.2, 0.25) is 0 Å². The summed E-state index contributed by atoms with van der Waals surface area (Å²) < 4.78 is 28.1. The monoisotopic (exact) mass is 264 g/mol. The topological polar surface area (TPSA) is 49.4 Å². The molecule has 0 bridgehead atoms. The first kappa shape index (κ1) is 13.1. The van der Waals surface area contributed by atoms with Crippen LogP contribution < -0.4 is 4.72 Å². The number of hydrogen-bond acceptors (Lipinski definition) is 2. The molecule has 1 atom stereocenters. The third-order valence-corrected chi connectivity index (χ3v) is 4.78. The van der Waals surface area contributed by atoms with E-state index in [2.05, 4.69) is 10.6 Å². The summed E-state index contributed by atoms with van der Waals surface area (Å²) in [7, 11) is -3.50. The van der Waals surface area contributed by atoms with E-state index in [0.717, 1.165) is 5.56 Å². The Morgan fingerprint density at radius 1 is 1.44 bits per heavy atom. The minimum absolute atomic E-state index is 0.372. The summed E-state index contributed by atoms with van der Waals surface area (Å²) in [6.07, 6.45) is 5.97. The first-order valence-corrected chi connectivity index (χ1v) is 7.20. The fourth-order valence-electron chi connectivity index (χ4n) is 1.92. The van der Waals surface area contributed by atoms with Gasteiger partial charge in [-0.3, -0.25) is 0 Å². The van der Waals surface area contributed by atoms with Gasteiger partial charge < -0.3 is 0 Å². The maximum absolute atomic E-state index is 12.1. The van der Waals surface area contributed by atoms with Crippen molar-refractivity contribution in [3.8, 4) is 12.3 Å². The molecule has 4 nitrogen and oxygen atoms in total. The van der Waals surface area contributed by atoms with Crippen LogP contribution in [0.15, 0.2) is 30.3 Å². The largest absolute Gasteiger partial charge is 0.281 e. The maximum Gasteiger partial charge on any atom is 0.281 e. The molecule has 96 valence electrons. The van der Waals surface area contributed by atoms with Crippen LogP contribution in [0.3, 0.4) is 0 Å². The Morgan fingerprint density at radius 2 is 2.11 bits per heavy atom. The second-order valence-electron chi connectivity index (χ2n) is 4.65. The summed E-state index contributed by atoms with van der Waals surface area (Å²) in [5, 5.41) is 0. The highest BCUT2D eigenvalue weighted by molar-refractivity contribution is 7.87. The second kappa shape index (κ2) is 4.73. The van der Waals surface area contributed by atoms with Gasteiger partial charge in [-0.25, -0.2) is 0 Å². The van der Waals surface area contributed by atoms with E-state index < -0.39 is 15.7 Å². The lowest BCUT2D eigenvalue weighted by molar-refractivity contribution is 0.313. The first-order chi connectivity index (χ1) is 8.45. The molecule has 1 aliphatic heterocycles. The molecule has 1 saturated heterocycles. The zero-order valence-corrected chi connectivity index (χ0v) is 11.1. The molecule has 0 aromatic heterocycles. The molecular formula is C13H16N2O2S. The summed E-state index contributed by atoms with van der Waals surface area (Å²) in [5.74, 6) is 2.50. The fraction of sp³-hybridized carbons (Fsp3) is 0.385. The Labute approximate surface area is 108 Å². The van der Waals surface area contributed by atoms with Gasteiger partial charge in [0.05, 0.1) is 5.54 Å². The van der Waals surface area contributed by atoms with Gasteiger partial charge in [0.25, 0.3) is 10.2 Å². The SMILES string of the molecule is C#C[C@@]1(C)CCN(Cc2ccccc2)S(=O)(=O)N1. The molecule has 0 spiro atoms. The van der Waals surface area contributed by atoms with Gasteiger partial charge in [0.2, 0.25) is 0 Å². The van der Waals surface area contributed by atoms with Gasteiger partial charge in [-0.05, 0) is 18.9 Å². The summed E-state index contributed by atoms with van der Waals surface area (Å²) in [6, 6.07) is 9.51. The predicted molar refractivity (Wildman–Crippen MR) is 70.8 cm³/mol. The van der Waals surface area contributed by atoms with Gasteiger partial charge in [-0.15, -0.1) is 6.42 Å². The van der Waals surface area contributed by atoms with Gasteiger partial charge in [-0.2, -0.15) is 17.4 Å². The molecule has 1 heterocycles. The average molecular weight is 264 g/mol. The highest BCUT2D eigenvalue weighted by atomic mass is 32.2. The Kier molecular flexibility index (Phi) is 3.44. The van der Waals surface area contributed by atoms with E-state index >= 15 is 0 Å². The van der Waals surface area contributed by atoms with E-state index in [9.17, 15) is 8.42 Å². The van der Waals surface area contributed by atoms with E-state index in [0.29, 0.717) is 19.5 Å². The third kappa shape index (κ3) is 2.72. The molecule has 0 radical (unpaired) electrons. The zero-order valence-electron chi connectivity index (χ0n) is 10.3. The standard InChI is InChI=1S/C13H16N2O2S/c1-3-13(2)9-10-15(18(16,17)14-13)11-12-7-5-4-6-8-12/h1,4-8,14H,9-11H2,2H3/t13-/m0/s1. The van der Waals surface area contributed by atoms with Crippen LogP contribution in [0.25, 0.3) is 0 Å². The van der Waals surface area contributed by atoms with Crippen LogP contribution in [-0.4, -0.2) is 24.8 Å². The number of nitrogens with zero attached hydrogens (tertiary/aromatic N) is 1. The van der Waals surface area contributed by atoms with Crippen molar-refractivity contribution in [2.45, 2.75) is 25.4 Å². The maximum atomic E-state index is 12.1. The highest BCUT2D eigenvalue weighted by Gasteiger charge is 2.37. The number of terminal acetylenes is 1. The van der Waals surface area contributed by atoms with E-state index in [1.165, 1.54) is 4.31 Å². The van der Waals surface area contributed by atoms with Crippen molar-refractivity contribution in [3.63, 3.8) is 0 Å². The molecule has 0 amide bonds. The molecule has 18 heavy (non-hydrogen) atoms. The van der Waals surface area contributed by atoms with Crippen LogP contribution in [0, 0.1) is 12.3 Å². The molecular weight excluding hydrogens is 248 g/mol. The molecule has 5 heteroatoms. The average Bonchev–Trinajstić information content (AvgIpc) is 2.34. The summed E-state index contributed by atoms with van der Waals surface area (Å²) in [4.78, 5) is 0. The van der Waals surface area contributed by atoms with E-state index in [-0.39, 0.29) is 0 Å².